The number of amides is 1. The maximum Gasteiger partial charge on any atom is 0.255 e. The van der Waals surface area contributed by atoms with Crippen molar-refractivity contribution >= 4 is 22.5 Å². The molecule has 0 saturated heterocycles. The van der Waals surface area contributed by atoms with Crippen LogP contribution in [0.25, 0.3) is 10.9 Å². The van der Waals surface area contributed by atoms with Crippen molar-refractivity contribution in [1.29, 1.82) is 5.26 Å². The van der Waals surface area contributed by atoms with Gasteiger partial charge >= 0.3 is 0 Å². The van der Waals surface area contributed by atoms with Crippen LogP contribution in [0.15, 0.2) is 54.7 Å². The molecular formula is C17H13N3O. The summed E-state index contributed by atoms with van der Waals surface area (Å²) in [5, 5.41) is 12.8. The Balaban J connectivity index is 1.87. The number of aryl methyl sites for hydroxylation is 1. The van der Waals surface area contributed by atoms with Crippen LogP contribution in [-0.2, 0) is 7.05 Å². The van der Waals surface area contributed by atoms with Crippen molar-refractivity contribution in [3.63, 3.8) is 0 Å². The van der Waals surface area contributed by atoms with Crippen LogP contribution in [0.1, 0.15) is 15.9 Å². The van der Waals surface area contributed by atoms with E-state index < -0.39 is 0 Å². The number of hydrogen-bond acceptors (Lipinski definition) is 2. The second-order valence-corrected chi connectivity index (χ2v) is 4.85. The third kappa shape index (κ3) is 2.49. The molecule has 1 amide bonds. The molecule has 4 heteroatoms. The van der Waals surface area contributed by atoms with Gasteiger partial charge in [-0.3, -0.25) is 4.79 Å². The van der Waals surface area contributed by atoms with E-state index in [1.54, 1.807) is 24.3 Å². The molecule has 21 heavy (non-hydrogen) atoms. The number of nitrogens with one attached hydrogen (secondary N) is 1. The van der Waals surface area contributed by atoms with Crippen LogP contribution < -0.4 is 5.32 Å². The van der Waals surface area contributed by atoms with Gasteiger partial charge in [0.15, 0.2) is 0 Å². The highest BCUT2D eigenvalue weighted by Gasteiger charge is 2.07. The van der Waals surface area contributed by atoms with Crippen molar-refractivity contribution in [3.8, 4) is 6.07 Å². The van der Waals surface area contributed by atoms with Crippen LogP contribution >= 0.6 is 0 Å². The molecule has 0 aliphatic carbocycles. The molecule has 0 atom stereocenters. The molecule has 4 nitrogen and oxygen atoms in total. The summed E-state index contributed by atoms with van der Waals surface area (Å²) in [5.41, 5.74) is 2.80. The molecule has 0 radical (unpaired) electrons. The molecule has 0 fully saturated rings. The van der Waals surface area contributed by atoms with Gasteiger partial charge in [0.1, 0.15) is 0 Å². The van der Waals surface area contributed by atoms with E-state index in [1.165, 1.54) is 0 Å². The summed E-state index contributed by atoms with van der Waals surface area (Å²) >= 11 is 0. The maximum absolute atomic E-state index is 12.2. The fourth-order valence-corrected chi connectivity index (χ4v) is 2.29. The second kappa shape index (κ2) is 5.14. The molecule has 0 aliphatic heterocycles. The molecule has 3 rings (SSSR count). The molecule has 1 aromatic heterocycles. The monoisotopic (exact) mass is 275 g/mol. The Hall–Kier alpha value is -3.06. The highest BCUT2D eigenvalue weighted by atomic mass is 16.1. The summed E-state index contributed by atoms with van der Waals surface area (Å²) in [5.74, 6) is -0.220. The van der Waals surface area contributed by atoms with Crippen LogP contribution in [-0.4, -0.2) is 10.5 Å². The summed E-state index contributed by atoms with van der Waals surface area (Å²) in [7, 11) is 1.98. The van der Waals surface area contributed by atoms with E-state index in [4.69, 9.17) is 5.26 Å². The normalized spacial score (nSPS) is 10.3. The lowest BCUT2D eigenvalue weighted by Gasteiger charge is -2.06. The Labute approximate surface area is 122 Å². The minimum Gasteiger partial charge on any atom is -0.351 e. The maximum atomic E-state index is 12.2. The van der Waals surface area contributed by atoms with Crippen LogP contribution in [0, 0.1) is 11.3 Å². The summed E-state index contributed by atoms with van der Waals surface area (Å²) in [4.78, 5) is 12.2. The molecule has 102 valence electrons. The average Bonchev–Trinajstić information content (AvgIpc) is 2.88. The lowest BCUT2D eigenvalue weighted by molar-refractivity contribution is 0.102. The number of rotatable bonds is 2. The van der Waals surface area contributed by atoms with Gasteiger partial charge in [0, 0.05) is 35.4 Å². The zero-order valence-electron chi connectivity index (χ0n) is 11.5. The van der Waals surface area contributed by atoms with E-state index in [-0.39, 0.29) is 5.91 Å². The van der Waals surface area contributed by atoms with Gasteiger partial charge in [0.2, 0.25) is 0 Å². The van der Waals surface area contributed by atoms with E-state index >= 15 is 0 Å². The fraction of sp³-hybridized carbons (Fsp3) is 0.0588. The zero-order valence-corrected chi connectivity index (χ0v) is 11.5. The van der Waals surface area contributed by atoms with Gasteiger partial charge in [-0.1, -0.05) is 6.07 Å². The number of benzene rings is 2. The Morgan fingerprint density at radius 1 is 1.19 bits per heavy atom. The molecule has 0 bridgehead atoms. The highest BCUT2D eigenvalue weighted by molar-refractivity contribution is 6.05. The number of nitrogens with zero attached hydrogens (tertiary/aromatic N) is 2. The van der Waals surface area contributed by atoms with Crippen molar-refractivity contribution in [2.75, 3.05) is 5.32 Å². The number of anilines is 1. The predicted octanol–water partition coefficient (Wildman–Crippen LogP) is 3.30. The van der Waals surface area contributed by atoms with Crippen molar-refractivity contribution in [2.24, 2.45) is 7.05 Å². The Bertz CT molecular complexity index is 871. The number of nitriles is 1. The molecule has 2 aromatic carbocycles. The van der Waals surface area contributed by atoms with E-state index in [0.29, 0.717) is 11.1 Å². The van der Waals surface area contributed by atoms with Crippen LogP contribution in [0.4, 0.5) is 5.69 Å². The predicted molar refractivity (Wildman–Crippen MR) is 82.0 cm³/mol. The first-order valence-corrected chi connectivity index (χ1v) is 6.54. The average molecular weight is 275 g/mol. The number of aromatic nitrogens is 1. The van der Waals surface area contributed by atoms with Crippen molar-refractivity contribution in [3.05, 3.63) is 65.9 Å². The largest absolute Gasteiger partial charge is 0.351 e. The number of carbonyl (C=O) groups is 1. The summed E-state index contributed by atoms with van der Waals surface area (Å²) in [6.45, 7) is 0. The summed E-state index contributed by atoms with van der Waals surface area (Å²) in [6.07, 6.45) is 1.98. The first-order valence-electron chi connectivity index (χ1n) is 6.54. The Morgan fingerprint density at radius 3 is 2.86 bits per heavy atom. The molecule has 1 heterocycles. The van der Waals surface area contributed by atoms with E-state index in [0.717, 1.165) is 16.6 Å². The fourth-order valence-electron chi connectivity index (χ4n) is 2.29. The molecular weight excluding hydrogens is 262 g/mol. The van der Waals surface area contributed by atoms with Gasteiger partial charge in [0.25, 0.3) is 5.91 Å². The minimum absolute atomic E-state index is 0.220. The van der Waals surface area contributed by atoms with Crippen molar-refractivity contribution < 1.29 is 4.79 Å². The number of fused-ring (bicyclic) bond motifs is 1. The number of carbonyl (C=O) groups excluding carboxylic acids is 1. The van der Waals surface area contributed by atoms with Crippen molar-refractivity contribution in [2.45, 2.75) is 0 Å². The third-order valence-corrected chi connectivity index (χ3v) is 3.40. The van der Waals surface area contributed by atoms with E-state index in [2.05, 4.69) is 5.32 Å². The summed E-state index contributed by atoms with van der Waals surface area (Å²) in [6, 6.07) is 16.4. The lowest BCUT2D eigenvalue weighted by atomic mass is 10.1. The Kier molecular flexibility index (Phi) is 3.17. The van der Waals surface area contributed by atoms with Gasteiger partial charge in [-0.15, -0.1) is 0 Å². The molecule has 0 unspecified atom stereocenters. The topological polar surface area (TPSA) is 57.8 Å². The molecule has 0 saturated carbocycles. The Morgan fingerprint density at radius 2 is 2.05 bits per heavy atom. The van der Waals surface area contributed by atoms with Crippen molar-refractivity contribution in [1.82, 2.24) is 4.57 Å². The first-order chi connectivity index (χ1) is 10.2. The van der Waals surface area contributed by atoms with Gasteiger partial charge < -0.3 is 9.88 Å². The molecule has 1 N–H and O–H groups in total. The molecule has 3 aromatic rings. The molecule has 0 spiro atoms. The lowest BCUT2D eigenvalue weighted by Crippen LogP contribution is -2.11. The van der Waals surface area contributed by atoms with E-state index in [9.17, 15) is 4.79 Å². The van der Waals surface area contributed by atoms with Crippen LogP contribution in [0.2, 0.25) is 0 Å². The van der Waals surface area contributed by atoms with Gasteiger partial charge in [-0.25, -0.2) is 0 Å². The van der Waals surface area contributed by atoms with Crippen LogP contribution in [0.5, 0.6) is 0 Å². The smallest absolute Gasteiger partial charge is 0.255 e. The summed E-state index contributed by atoms with van der Waals surface area (Å²) < 4.78 is 2.03. The van der Waals surface area contributed by atoms with Gasteiger partial charge in [-0.05, 0) is 42.5 Å². The second-order valence-electron chi connectivity index (χ2n) is 4.85. The number of hydrogen-bond donors (Lipinski definition) is 1. The molecule has 0 aliphatic rings. The minimum atomic E-state index is -0.220. The van der Waals surface area contributed by atoms with Gasteiger partial charge in [-0.2, -0.15) is 5.26 Å². The first kappa shape index (κ1) is 12.9. The quantitative estimate of drug-likeness (QED) is 0.780. The SMILES string of the molecule is Cn1ccc2cc(NC(=O)c3cccc(C#N)c3)ccc21. The van der Waals surface area contributed by atoms with Crippen LogP contribution in [0.3, 0.4) is 0 Å². The van der Waals surface area contributed by atoms with E-state index in [1.807, 2.05) is 48.1 Å². The highest BCUT2D eigenvalue weighted by Crippen LogP contribution is 2.20. The van der Waals surface area contributed by atoms with Gasteiger partial charge in [0.05, 0.1) is 11.6 Å². The third-order valence-electron chi connectivity index (χ3n) is 3.40. The zero-order chi connectivity index (χ0) is 14.8. The standard InChI is InChI=1S/C17H13N3O/c1-20-8-7-13-10-15(5-6-16(13)20)19-17(21)14-4-2-3-12(9-14)11-18/h2-10H,1H3,(H,19,21).